The van der Waals surface area contributed by atoms with Crippen LogP contribution in [0.1, 0.15) is 52.9 Å². The largest absolute Gasteiger partial charge is 0.406 e. The molecule has 0 amide bonds. The van der Waals surface area contributed by atoms with Gasteiger partial charge in [0, 0.05) is 0 Å². The van der Waals surface area contributed by atoms with Gasteiger partial charge in [-0.1, -0.05) is 33.6 Å². The third kappa shape index (κ3) is 4.01. The molecular weight excluding hydrogens is 203 g/mol. The van der Waals surface area contributed by atoms with Crippen LogP contribution in [0.2, 0.25) is 0 Å². The van der Waals surface area contributed by atoms with Gasteiger partial charge in [0.1, 0.15) is 5.54 Å². The highest BCUT2D eigenvalue weighted by molar-refractivity contribution is 4.94. The van der Waals surface area contributed by atoms with Gasteiger partial charge in [-0.2, -0.15) is 13.2 Å². The highest BCUT2D eigenvalue weighted by atomic mass is 19.4. The van der Waals surface area contributed by atoms with Gasteiger partial charge in [-0.05, 0) is 25.8 Å². The van der Waals surface area contributed by atoms with Crippen molar-refractivity contribution in [3.05, 3.63) is 0 Å². The standard InChI is InChI=1S/C11H22F3N/c1-4-7-10(8-5-2,11(12,13)14)15-9-6-3/h15H,4-9H2,1-3H3. The molecule has 0 aromatic heterocycles. The molecule has 4 heteroatoms. The minimum absolute atomic E-state index is 0.171. The third-order valence-electron chi connectivity index (χ3n) is 2.61. The van der Waals surface area contributed by atoms with Crippen molar-refractivity contribution >= 4 is 0 Å². The van der Waals surface area contributed by atoms with E-state index in [1.54, 1.807) is 13.8 Å². The normalized spacial score (nSPS) is 13.2. The molecule has 0 aliphatic rings. The topological polar surface area (TPSA) is 12.0 Å². The van der Waals surface area contributed by atoms with Gasteiger partial charge in [0.25, 0.3) is 0 Å². The van der Waals surface area contributed by atoms with Gasteiger partial charge < -0.3 is 5.32 Å². The third-order valence-corrected chi connectivity index (χ3v) is 2.61. The van der Waals surface area contributed by atoms with Crippen LogP contribution < -0.4 is 5.32 Å². The second-order valence-corrected chi connectivity index (χ2v) is 4.01. The van der Waals surface area contributed by atoms with Crippen molar-refractivity contribution in [1.82, 2.24) is 5.32 Å². The fourth-order valence-electron chi connectivity index (χ4n) is 1.90. The maximum atomic E-state index is 13.0. The molecule has 0 aromatic carbocycles. The summed E-state index contributed by atoms with van der Waals surface area (Å²) in [4.78, 5) is 0. The Hall–Kier alpha value is -0.250. The summed E-state index contributed by atoms with van der Waals surface area (Å²) in [5.41, 5.74) is -1.66. The monoisotopic (exact) mass is 225 g/mol. The van der Waals surface area contributed by atoms with Crippen molar-refractivity contribution in [3.63, 3.8) is 0 Å². The first-order valence-corrected chi connectivity index (χ1v) is 5.75. The minimum Gasteiger partial charge on any atom is -0.304 e. The summed E-state index contributed by atoms with van der Waals surface area (Å²) in [6, 6.07) is 0. The molecule has 1 N–H and O–H groups in total. The molecule has 0 aliphatic heterocycles. The lowest BCUT2D eigenvalue weighted by molar-refractivity contribution is -0.201. The Morgan fingerprint density at radius 2 is 1.33 bits per heavy atom. The maximum Gasteiger partial charge on any atom is 0.406 e. The Bertz CT molecular complexity index is 160. The second-order valence-electron chi connectivity index (χ2n) is 4.01. The summed E-state index contributed by atoms with van der Waals surface area (Å²) in [6.07, 6.45) is -1.97. The Kier molecular flexibility index (Phi) is 6.25. The summed E-state index contributed by atoms with van der Waals surface area (Å²) >= 11 is 0. The van der Waals surface area contributed by atoms with E-state index < -0.39 is 11.7 Å². The number of hydrogen-bond donors (Lipinski definition) is 1. The van der Waals surface area contributed by atoms with Crippen LogP contribution in [0.5, 0.6) is 0 Å². The number of rotatable bonds is 7. The van der Waals surface area contributed by atoms with Gasteiger partial charge in [0.15, 0.2) is 0 Å². The smallest absolute Gasteiger partial charge is 0.304 e. The first kappa shape index (κ1) is 14.8. The SMILES string of the molecule is CCCNC(CCC)(CCC)C(F)(F)F. The van der Waals surface area contributed by atoms with Crippen LogP contribution in [0.4, 0.5) is 13.2 Å². The molecule has 0 fully saturated rings. The molecule has 0 radical (unpaired) electrons. The molecule has 0 rings (SSSR count). The van der Waals surface area contributed by atoms with Gasteiger partial charge in [0.2, 0.25) is 0 Å². The zero-order chi connectivity index (χ0) is 11.9. The molecule has 15 heavy (non-hydrogen) atoms. The summed E-state index contributed by atoms with van der Waals surface area (Å²) in [7, 11) is 0. The van der Waals surface area contributed by atoms with E-state index >= 15 is 0 Å². The Morgan fingerprint density at radius 3 is 1.60 bits per heavy atom. The van der Waals surface area contributed by atoms with E-state index in [0.717, 1.165) is 6.42 Å². The predicted octanol–water partition coefficient (Wildman–Crippen LogP) is 3.89. The lowest BCUT2D eigenvalue weighted by Gasteiger charge is -2.36. The lowest BCUT2D eigenvalue weighted by atomic mass is 9.87. The van der Waals surface area contributed by atoms with Crippen LogP contribution in [-0.4, -0.2) is 18.3 Å². The van der Waals surface area contributed by atoms with Crippen LogP contribution in [0.25, 0.3) is 0 Å². The zero-order valence-corrected chi connectivity index (χ0v) is 9.88. The Balaban J connectivity index is 4.72. The molecule has 92 valence electrons. The highest BCUT2D eigenvalue weighted by Crippen LogP contribution is 2.37. The quantitative estimate of drug-likeness (QED) is 0.693. The summed E-state index contributed by atoms with van der Waals surface area (Å²) in [5.74, 6) is 0. The van der Waals surface area contributed by atoms with Crippen molar-refractivity contribution in [2.24, 2.45) is 0 Å². The lowest BCUT2D eigenvalue weighted by Crippen LogP contribution is -2.56. The summed E-state index contributed by atoms with van der Waals surface area (Å²) < 4.78 is 39.0. The van der Waals surface area contributed by atoms with Crippen molar-refractivity contribution in [3.8, 4) is 0 Å². The molecule has 0 saturated carbocycles. The van der Waals surface area contributed by atoms with Crippen LogP contribution in [0, 0.1) is 0 Å². The number of halogens is 3. The van der Waals surface area contributed by atoms with E-state index in [1.165, 1.54) is 0 Å². The molecular formula is C11H22F3N. The van der Waals surface area contributed by atoms with Gasteiger partial charge >= 0.3 is 6.18 Å². The second kappa shape index (κ2) is 6.36. The Morgan fingerprint density at radius 1 is 0.867 bits per heavy atom. The molecule has 1 nitrogen and oxygen atoms in total. The number of alkyl halides is 3. The molecule has 0 spiro atoms. The van der Waals surface area contributed by atoms with Crippen LogP contribution >= 0.6 is 0 Å². The van der Waals surface area contributed by atoms with Crippen molar-refractivity contribution in [1.29, 1.82) is 0 Å². The fourth-order valence-corrected chi connectivity index (χ4v) is 1.90. The molecule has 0 bridgehead atoms. The number of nitrogens with one attached hydrogen (secondary N) is 1. The molecule has 0 aliphatic carbocycles. The first-order valence-electron chi connectivity index (χ1n) is 5.75. The zero-order valence-electron chi connectivity index (χ0n) is 9.88. The molecule has 0 saturated heterocycles. The van der Waals surface area contributed by atoms with E-state index in [4.69, 9.17) is 0 Å². The molecule has 0 aromatic rings. The van der Waals surface area contributed by atoms with E-state index in [1.807, 2.05) is 6.92 Å². The van der Waals surface area contributed by atoms with Gasteiger partial charge in [-0.3, -0.25) is 0 Å². The summed E-state index contributed by atoms with van der Waals surface area (Å²) in [5, 5.41) is 2.70. The van der Waals surface area contributed by atoms with E-state index in [9.17, 15) is 13.2 Å². The van der Waals surface area contributed by atoms with E-state index in [2.05, 4.69) is 5.32 Å². The van der Waals surface area contributed by atoms with Crippen LogP contribution in [0.3, 0.4) is 0 Å². The van der Waals surface area contributed by atoms with Crippen molar-refractivity contribution in [2.75, 3.05) is 6.54 Å². The average molecular weight is 225 g/mol. The highest BCUT2D eigenvalue weighted by Gasteiger charge is 2.52. The predicted molar refractivity (Wildman–Crippen MR) is 56.9 cm³/mol. The van der Waals surface area contributed by atoms with Gasteiger partial charge in [-0.15, -0.1) is 0 Å². The van der Waals surface area contributed by atoms with Crippen LogP contribution in [-0.2, 0) is 0 Å². The van der Waals surface area contributed by atoms with E-state index in [-0.39, 0.29) is 12.8 Å². The van der Waals surface area contributed by atoms with Crippen molar-refractivity contribution < 1.29 is 13.2 Å². The molecule has 0 atom stereocenters. The fraction of sp³-hybridized carbons (Fsp3) is 1.00. The van der Waals surface area contributed by atoms with Gasteiger partial charge in [0.05, 0.1) is 0 Å². The van der Waals surface area contributed by atoms with E-state index in [0.29, 0.717) is 19.4 Å². The minimum atomic E-state index is -4.14. The molecule has 0 unspecified atom stereocenters. The number of hydrogen-bond acceptors (Lipinski definition) is 1. The van der Waals surface area contributed by atoms with Crippen LogP contribution in [0.15, 0.2) is 0 Å². The molecule has 0 heterocycles. The van der Waals surface area contributed by atoms with Crippen molar-refractivity contribution in [2.45, 2.75) is 64.6 Å². The summed E-state index contributed by atoms with van der Waals surface area (Å²) in [6.45, 7) is 5.90. The Labute approximate surface area is 90.4 Å². The average Bonchev–Trinajstić information content (AvgIpc) is 2.13. The van der Waals surface area contributed by atoms with Gasteiger partial charge in [-0.25, -0.2) is 0 Å². The maximum absolute atomic E-state index is 13.0. The first-order chi connectivity index (χ1) is 6.93.